The maximum absolute atomic E-state index is 12.2. The van der Waals surface area contributed by atoms with Gasteiger partial charge >= 0.3 is 0 Å². The Morgan fingerprint density at radius 1 is 1.12 bits per heavy atom. The van der Waals surface area contributed by atoms with E-state index in [1.807, 2.05) is 0 Å². The summed E-state index contributed by atoms with van der Waals surface area (Å²) in [7, 11) is 0. The van der Waals surface area contributed by atoms with Crippen LogP contribution in [0.3, 0.4) is 0 Å². The van der Waals surface area contributed by atoms with E-state index in [0.29, 0.717) is 38.9 Å². The van der Waals surface area contributed by atoms with E-state index >= 15 is 0 Å². The molecule has 1 heterocycles. The summed E-state index contributed by atoms with van der Waals surface area (Å²) in [4.78, 5) is 29.9. The molecule has 5 nitrogen and oxygen atoms in total. The summed E-state index contributed by atoms with van der Waals surface area (Å²) < 4.78 is 0. The maximum atomic E-state index is 12.2. The molecular formula is C19H17Cl2N3O2. The first kappa shape index (κ1) is 18.5. The van der Waals surface area contributed by atoms with E-state index in [0.717, 1.165) is 30.0 Å². The number of unbranched alkanes of at least 4 members (excludes halogenated alkanes) is 2. The van der Waals surface area contributed by atoms with Gasteiger partial charge in [0, 0.05) is 27.2 Å². The van der Waals surface area contributed by atoms with Crippen LogP contribution in [0.5, 0.6) is 0 Å². The van der Waals surface area contributed by atoms with Crippen LogP contribution in [0.15, 0.2) is 29.3 Å². The van der Waals surface area contributed by atoms with Crippen molar-refractivity contribution in [3.05, 3.63) is 34.3 Å². The number of nitrogens with zero attached hydrogens (tertiary/aromatic N) is 1. The van der Waals surface area contributed by atoms with Gasteiger partial charge in [-0.25, -0.2) is 4.79 Å². The Morgan fingerprint density at radius 3 is 2.50 bits per heavy atom. The summed E-state index contributed by atoms with van der Waals surface area (Å²) in [6.45, 7) is 2.09. The third kappa shape index (κ3) is 3.75. The first-order chi connectivity index (χ1) is 12.5. The molecule has 2 N–H and O–H groups in total. The minimum Gasteiger partial charge on any atom is -0.351 e. The molecule has 0 unspecified atom stereocenters. The quantitative estimate of drug-likeness (QED) is 0.303. The molecule has 134 valence electrons. The normalized spacial score (nSPS) is 10.9. The lowest BCUT2D eigenvalue weighted by atomic mass is 10.1. The zero-order valence-electron chi connectivity index (χ0n) is 14.2. The van der Waals surface area contributed by atoms with Gasteiger partial charge in [-0.3, -0.25) is 4.79 Å². The Hall–Kier alpha value is -2.33. The van der Waals surface area contributed by atoms with Gasteiger partial charge in [-0.15, -0.1) is 0 Å². The van der Waals surface area contributed by atoms with Crippen LogP contribution in [-0.2, 0) is 9.59 Å². The van der Waals surface area contributed by atoms with Crippen LogP contribution in [0.2, 0.25) is 10.0 Å². The standard InChI is InChI=1S/C19H17Cl2N3O2/c1-2-3-4-5-17(26)23-16-9-12(21)7-14-13-6-11(20)8-15(22-10-25)18(13)24-19(14)16/h6-9,24H,2-5H2,1H3,(H,23,26). The summed E-state index contributed by atoms with van der Waals surface area (Å²) in [5, 5.41) is 5.41. The van der Waals surface area contributed by atoms with Gasteiger partial charge in [0.15, 0.2) is 0 Å². The number of isocyanates is 1. The molecule has 2 aromatic carbocycles. The molecule has 0 aliphatic rings. The number of benzene rings is 2. The molecule has 0 atom stereocenters. The number of H-pyrrole nitrogens is 1. The lowest BCUT2D eigenvalue weighted by Crippen LogP contribution is -2.11. The second kappa shape index (κ2) is 7.92. The van der Waals surface area contributed by atoms with Crippen LogP contribution < -0.4 is 5.32 Å². The van der Waals surface area contributed by atoms with Gasteiger partial charge in [0.05, 0.1) is 16.7 Å². The maximum Gasteiger partial charge on any atom is 0.240 e. The van der Waals surface area contributed by atoms with Crippen molar-refractivity contribution < 1.29 is 9.59 Å². The first-order valence-corrected chi connectivity index (χ1v) is 9.11. The number of aliphatic imine (C=N–C) groups is 1. The number of amides is 1. The monoisotopic (exact) mass is 389 g/mol. The van der Waals surface area contributed by atoms with Crippen LogP contribution >= 0.6 is 23.2 Å². The van der Waals surface area contributed by atoms with Crippen LogP contribution in [0.4, 0.5) is 11.4 Å². The van der Waals surface area contributed by atoms with Crippen molar-refractivity contribution in [1.29, 1.82) is 0 Å². The number of fused-ring (bicyclic) bond motifs is 3. The average molecular weight is 390 g/mol. The Bertz CT molecular complexity index is 1040. The van der Waals surface area contributed by atoms with E-state index < -0.39 is 0 Å². The van der Waals surface area contributed by atoms with Gasteiger partial charge in [0.2, 0.25) is 12.0 Å². The molecule has 0 aliphatic carbocycles. The van der Waals surface area contributed by atoms with Crippen LogP contribution in [0.1, 0.15) is 32.6 Å². The molecule has 0 saturated carbocycles. The van der Waals surface area contributed by atoms with Crippen molar-refractivity contribution in [3.63, 3.8) is 0 Å². The zero-order chi connectivity index (χ0) is 18.7. The second-order valence-corrected chi connectivity index (χ2v) is 6.93. The topological polar surface area (TPSA) is 74.3 Å². The number of hydrogen-bond acceptors (Lipinski definition) is 3. The summed E-state index contributed by atoms with van der Waals surface area (Å²) in [6.07, 6.45) is 4.89. The minimum atomic E-state index is -0.0650. The molecule has 0 aliphatic heterocycles. The Kier molecular flexibility index (Phi) is 5.62. The number of nitrogens with one attached hydrogen (secondary N) is 2. The van der Waals surface area contributed by atoms with Crippen molar-refractivity contribution in [2.45, 2.75) is 32.6 Å². The highest BCUT2D eigenvalue weighted by molar-refractivity contribution is 6.34. The predicted molar refractivity (Wildman–Crippen MR) is 106 cm³/mol. The van der Waals surface area contributed by atoms with Gasteiger partial charge in [0.25, 0.3) is 0 Å². The van der Waals surface area contributed by atoms with Gasteiger partial charge in [-0.2, -0.15) is 4.99 Å². The molecule has 3 aromatic rings. The van der Waals surface area contributed by atoms with Gasteiger partial charge in [-0.1, -0.05) is 43.0 Å². The van der Waals surface area contributed by atoms with E-state index in [-0.39, 0.29) is 5.91 Å². The number of halogens is 2. The van der Waals surface area contributed by atoms with E-state index in [2.05, 4.69) is 22.2 Å². The molecule has 0 fully saturated rings. The fourth-order valence-corrected chi connectivity index (χ4v) is 3.43. The second-order valence-electron chi connectivity index (χ2n) is 6.06. The predicted octanol–water partition coefficient (Wildman–Crippen LogP) is 6.11. The minimum absolute atomic E-state index is 0.0650. The van der Waals surface area contributed by atoms with Crippen molar-refractivity contribution in [1.82, 2.24) is 4.98 Å². The van der Waals surface area contributed by atoms with Crippen molar-refractivity contribution in [3.8, 4) is 0 Å². The molecule has 1 aromatic heterocycles. The van der Waals surface area contributed by atoms with Crippen molar-refractivity contribution in [2.75, 3.05) is 5.32 Å². The third-order valence-corrected chi connectivity index (χ3v) is 4.61. The highest BCUT2D eigenvalue weighted by Crippen LogP contribution is 2.38. The van der Waals surface area contributed by atoms with Gasteiger partial charge < -0.3 is 10.3 Å². The van der Waals surface area contributed by atoms with E-state index in [9.17, 15) is 9.59 Å². The number of carbonyl (C=O) groups excluding carboxylic acids is 2. The highest BCUT2D eigenvalue weighted by Gasteiger charge is 2.15. The molecule has 3 rings (SSSR count). The van der Waals surface area contributed by atoms with Crippen molar-refractivity contribution in [2.24, 2.45) is 4.99 Å². The SMILES string of the molecule is CCCCCC(=O)Nc1cc(Cl)cc2c1[nH]c1c(N=C=O)cc(Cl)cc12. The largest absolute Gasteiger partial charge is 0.351 e. The number of hydrogen-bond donors (Lipinski definition) is 2. The summed E-state index contributed by atoms with van der Waals surface area (Å²) >= 11 is 12.4. The van der Waals surface area contributed by atoms with Crippen LogP contribution in [-0.4, -0.2) is 17.0 Å². The number of aromatic amines is 1. The number of anilines is 1. The van der Waals surface area contributed by atoms with Crippen LogP contribution in [0, 0.1) is 0 Å². The Balaban J connectivity index is 2.11. The first-order valence-electron chi connectivity index (χ1n) is 8.35. The lowest BCUT2D eigenvalue weighted by molar-refractivity contribution is -0.116. The fourth-order valence-electron chi connectivity index (χ4n) is 3.00. The van der Waals surface area contributed by atoms with E-state index in [1.54, 1.807) is 24.3 Å². The molecular weight excluding hydrogens is 373 g/mol. The number of rotatable bonds is 6. The van der Waals surface area contributed by atoms with Gasteiger partial charge in [0.1, 0.15) is 5.69 Å². The van der Waals surface area contributed by atoms with Gasteiger partial charge in [-0.05, 0) is 30.7 Å². The highest BCUT2D eigenvalue weighted by atomic mass is 35.5. The fraction of sp³-hybridized carbons (Fsp3) is 0.263. The lowest BCUT2D eigenvalue weighted by Gasteiger charge is -2.07. The number of carbonyl (C=O) groups is 1. The number of aromatic nitrogens is 1. The zero-order valence-corrected chi connectivity index (χ0v) is 15.7. The summed E-state index contributed by atoms with van der Waals surface area (Å²) in [6, 6.07) is 6.83. The average Bonchev–Trinajstić information content (AvgIpc) is 2.94. The molecule has 7 heteroatoms. The molecule has 0 spiro atoms. The van der Waals surface area contributed by atoms with Crippen molar-refractivity contribution >= 4 is 68.4 Å². The Morgan fingerprint density at radius 2 is 1.81 bits per heavy atom. The smallest absolute Gasteiger partial charge is 0.240 e. The van der Waals surface area contributed by atoms with Crippen LogP contribution in [0.25, 0.3) is 21.8 Å². The molecule has 1 amide bonds. The summed E-state index contributed by atoms with van der Waals surface area (Å²) in [5.74, 6) is -0.0650. The van der Waals surface area contributed by atoms with E-state index in [4.69, 9.17) is 23.2 Å². The molecule has 26 heavy (non-hydrogen) atoms. The Labute approximate surface area is 160 Å². The third-order valence-electron chi connectivity index (χ3n) is 4.17. The molecule has 0 bridgehead atoms. The van der Waals surface area contributed by atoms with E-state index in [1.165, 1.54) is 6.08 Å². The molecule has 0 radical (unpaired) electrons. The molecule has 0 saturated heterocycles. The summed E-state index contributed by atoms with van der Waals surface area (Å²) in [5.41, 5.74) is 2.31.